The quantitative estimate of drug-likeness (QED) is 0.894. The summed E-state index contributed by atoms with van der Waals surface area (Å²) in [4.78, 5) is 28.7. The molecule has 1 aliphatic heterocycles. The predicted molar refractivity (Wildman–Crippen MR) is 70.3 cm³/mol. The van der Waals surface area contributed by atoms with E-state index in [4.69, 9.17) is 9.84 Å². The Morgan fingerprint density at radius 3 is 2.50 bits per heavy atom. The van der Waals surface area contributed by atoms with E-state index in [1.165, 1.54) is 4.90 Å². The fourth-order valence-electron chi connectivity index (χ4n) is 2.22. The van der Waals surface area contributed by atoms with Crippen LogP contribution >= 0.6 is 0 Å². The van der Waals surface area contributed by atoms with Gasteiger partial charge in [0.05, 0.1) is 24.5 Å². The number of aromatic nitrogens is 2. The molecule has 1 N–H and O–H groups in total. The van der Waals surface area contributed by atoms with Gasteiger partial charge in [-0.05, 0) is 27.7 Å². The molecule has 2 heterocycles. The van der Waals surface area contributed by atoms with Crippen molar-refractivity contribution >= 4 is 12.1 Å². The van der Waals surface area contributed by atoms with Crippen molar-refractivity contribution in [1.29, 1.82) is 0 Å². The van der Waals surface area contributed by atoms with E-state index in [-0.39, 0.29) is 12.4 Å². The molecule has 0 saturated carbocycles. The molecule has 0 bridgehead atoms. The molecule has 2 rings (SSSR count). The number of nitrogens with zero attached hydrogens (tertiary/aromatic N) is 3. The third kappa shape index (κ3) is 2.61. The molecular weight excluding hydrogens is 262 g/mol. The van der Waals surface area contributed by atoms with E-state index in [9.17, 15) is 9.59 Å². The summed E-state index contributed by atoms with van der Waals surface area (Å²) < 4.78 is 6.93. The van der Waals surface area contributed by atoms with Crippen molar-refractivity contribution in [2.24, 2.45) is 0 Å². The van der Waals surface area contributed by atoms with Crippen LogP contribution in [-0.2, 0) is 24.4 Å². The SMILES string of the molecule is CCn1c(C(=O)O)nc2c1CN(C(=O)OC(C)(C)C)C2. The number of ether oxygens (including phenoxy) is 1. The highest BCUT2D eigenvalue weighted by atomic mass is 16.6. The summed E-state index contributed by atoms with van der Waals surface area (Å²) in [5.74, 6) is -1.02. The van der Waals surface area contributed by atoms with Gasteiger partial charge in [0.15, 0.2) is 0 Å². The van der Waals surface area contributed by atoms with Crippen LogP contribution in [0.5, 0.6) is 0 Å². The highest BCUT2D eigenvalue weighted by Gasteiger charge is 2.33. The molecule has 0 spiro atoms. The van der Waals surface area contributed by atoms with Gasteiger partial charge in [-0.25, -0.2) is 14.6 Å². The van der Waals surface area contributed by atoms with Crippen LogP contribution < -0.4 is 0 Å². The first-order chi connectivity index (χ1) is 9.23. The zero-order chi connectivity index (χ0) is 15.1. The Hall–Kier alpha value is -2.05. The van der Waals surface area contributed by atoms with Crippen LogP contribution in [0.3, 0.4) is 0 Å². The van der Waals surface area contributed by atoms with Crippen molar-refractivity contribution in [3.8, 4) is 0 Å². The number of amides is 1. The van der Waals surface area contributed by atoms with Crippen LogP contribution in [0.1, 0.15) is 49.7 Å². The Kier molecular flexibility index (Phi) is 3.45. The molecule has 1 aromatic rings. The van der Waals surface area contributed by atoms with Crippen molar-refractivity contribution in [1.82, 2.24) is 14.5 Å². The van der Waals surface area contributed by atoms with Gasteiger partial charge in [0.25, 0.3) is 0 Å². The second kappa shape index (κ2) is 4.81. The minimum absolute atomic E-state index is 0.0290. The maximum Gasteiger partial charge on any atom is 0.410 e. The van der Waals surface area contributed by atoms with Gasteiger partial charge in [-0.1, -0.05) is 0 Å². The molecule has 7 nitrogen and oxygen atoms in total. The lowest BCUT2D eigenvalue weighted by Crippen LogP contribution is -2.34. The predicted octanol–water partition coefficient (Wildman–Crippen LogP) is 1.85. The van der Waals surface area contributed by atoms with E-state index in [0.29, 0.717) is 18.8 Å². The molecule has 20 heavy (non-hydrogen) atoms. The number of rotatable bonds is 2. The topological polar surface area (TPSA) is 84.7 Å². The molecule has 1 aliphatic rings. The summed E-state index contributed by atoms with van der Waals surface area (Å²) in [5.41, 5.74) is 0.857. The molecule has 0 radical (unpaired) electrons. The first-order valence-electron chi connectivity index (χ1n) is 6.52. The first-order valence-corrected chi connectivity index (χ1v) is 6.52. The molecule has 0 fully saturated rings. The second-order valence-corrected chi connectivity index (χ2v) is 5.71. The van der Waals surface area contributed by atoms with Gasteiger partial charge in [0.2, 0.25) is 5.82 Å². The molecule has 1 aromatic heterocycles. The third-order valence-electron chi connectivity index (χ3n) is 3.00. The number of carbonyl (C=O) groups excluding carboxylic acids is 1. The summed E-state index contributed by atoms with van der Waals surface area (Å²) in [5, 5.41) is 9.09. The minimum atomic E-state index is -1.05. The number of carbonyl (C=O) groups is 2. The fraction of sp³-hybridized carbons (Fsp3) is 0.615. The summed E-state index contributed by atoms with van der Waals surface area (Å²) in [6.45, 7) is 8.40. The fourth-order valence-corrected chi connectivity index (χ4v) is 2.22. The molecule has 0 atom stereocenters. The lowest BCUT2D eigenvalue weighted by molar-refractivity contribution is 0.0237. The zero-order valence-electron chi connectivity index (χ0n) is 12.1. The monoisotopic (exact) mass is 281 g/mol. The molecule has 0 saturated heterocycles. The average Bonchev–Trinajstić information content (AvgIpc) is 2.82. The van der Waals surface area contributed by atoms with Crippen LogP contribution in [0, 0.1) is 0 Å². The van der Waals surface area contributed by atoms with Gasteiger partial charge >= 0.3 is 12.1 Å². The number of hydrogen-bond acceptors (Lipinski definition) is 4. The van der Waals surface area contributed by atoms with Crippen LogP contribution in [0.15, 0.2) is 0 Å². The summed E-state index contributed by atoms with van der Waals surface area (Å²) in [7, 11) is 0. The standard InChI is InChI=1S/C13H19N3O4/c1-5-16-9-7-15(12(19)20-13(2,3)4)6-8(9)14-10(16)11(17)18/h5-7H2,1-4H3,(H,17,18). The van der Waals surface area contributed by atoms with Crippen molar-refractivity contribution in [3.05, 3.63) is 17.2 Å². The first kappa shape index (κ1) is 14.4. The Morgan fingerprint density at radius 2 is 2.00 bits per heavy atom. The number of imidazole rings is 1. The van der Waals surface area contributed by atoms with E-state index in [1.54, 1.807) is 25.3 Å². The van der Waals surface area contributed by atoms with E-state index < -0.39 is 17.7 Å². The largest absolute Gasteiger partial charge is 0.475 e. The van der Waals surface area contributed by atoms with E-state index >= 15 is 0 Å². The van der Waals surface area contributed by atoms with Crippen molar-refractivity contribution in [2.75, 3.05) is 0 Å². The average molecular weight is 281 g/mol. The van der Waals surface area contributed by atoms with Gasteiger partial charge in [0, 0.05) is 6.54 Å². The molecule has 110 valence electrons. The maximum atomic E-state index is 12.0. The highest BCUT2D eigenvalue weighted by Crippen LogP contribution is 2.25. The van der Waals surface area contributed by atoms with Crippen molar-refractivity contribution in [3.63, 3.8) is 0 Å². The van der Waals surface area contributed by atoms with Crippen LogP contribution in [0.4, 0.5) is 4.79 Å². The van der Waals surface area contributed by atoms with Gasteiger partial charge < -0.3 is 14.4 Å². The van der Waals surface area contributed by atoms with Crippen molar-refractivity contribution < 1.29 is 19.4 Å². The van der Waals surface area contributed by atoms with Crippen LogP contribution in [0.25, 0.3) is 0 Å². The van der Waals surface area contributed by atoms with Gasteiger partial charge in [0.1, 0.15) is 5.60 Å². The number of carboxylic acid groups (broad SMARTS) is 1. The smallest absolute Gasteiger partial charge is 0.410 e. The molecule has 1 amide bonds. The van der Waals surface area contributed by atoms with Crippen LogP contribution in [-0.4, -0.2) is 37.2 Å². The molecule has 7 heteroatoms. The third-order valence-corrected chi connectivity index (χ3v) is 3.00. The van der Waals surface area contributed by atoms with Gasteiger partial charge in [-0.3, -0.25) is 4.90 Å². The molecule has 0 unspecified atom stereocenters. The number of fused-ring (bicyclic) bond motifs is 1. The van der Waals surface area contributed by atoms with Crippen LogP contribution in [0.2, 0.25) is 0 Å². The van der Waals surface area contributed by atoms with Gasteiger partial charge in [-0.15, -0.1) is 0 Å². The molecule has 0 aromatic carbocycles. The summed E-state index contributed by atoms with van der Waals surface area (Å²) in [6.07, 6.45) is -0.407. The normalized spacial score (nSPS) is 14.3. The Balaban J connectivity index is 2.18. The lowest BCUT2D eigenvalue weighted by Gasteiger charge is -2.24. The summed E-state index contributed by atoms with van der Waals surface area (Å²) in [6, 6.07) is 0. The second-order valence-electron chi connectivity index (χ2n) is 5.71. The minimum Gasteiger partial charge on any atom is -0.475 e. The Labute approximate surface area is 117 Å². The zero-order valence-corrected chi connectivity index (χ0v) is 12.1. The highest BCUT2D eigenvalue weighted by molar-refractivity contribution is 5.84. The Morgan fingerprint density at radius 1 is 1.35 bits per heavy atom. The number of carboxylic acids is 1. The van der Waals surface area contributed by atoms with E-state index in [1.807, 2.05) is 6.92 Å². The van der Waals surface area contributed by atoms with E-state index in [2.05, 4.69) is 4.98 Å². The lowest BCUT2D eigenvalue weighted by atomic mass is 10.2. The Bertz CT molecular complexity index is 557. The maximum absolute atomic E-state index is 12.0. The van der Waals surface area contributed by atoms with Gasteiger partial charge in [-0.2, -0.15) is 0 Å². The van der Waals surface area contributed by atoms with E-state index in [0.717, 1.165) is 5.69 Å². The number of aromatic carboxylic acids is 1. The van der Waals surface area contributed by atoms with Crippen molar-refractivity contribution in [2.45, 2.75) is 52.9 Å². The summed E-state index contributed by atoms with van der Waals surface area (Å²) >= 11 is 0. The number of hydrogen-bond donors (Lipinski definition) is 1. The molecular formula is C13H19N3O4. The molecule has 0 aliphatic carbocycles.